The fourth-order valence-electron chi connectivity index (χ4n) is 2.44. The van der Waals surface area contributed by atoms with Crippen LogP contribution in [0.2, 0.25) is 0 Å². The van der Waals surface area contributed by atoms with Crippen LogP contribution < -0.4 is 0 Å². The van der Waals surface area contributed by atoms with Crippen molar-refractivity contribution in [1.29, 1.82) is 0 Å². The molecule has 1 aliphatic rings. The average molecular weight is 210 g/mol. The molecule has 3 heteroatoms. The van der Waals surface area contributed by atoms with Gasteiger partial charge in [0.2, 0.25) is 0 Å². The van der Waals surface area contributed by atoms with E-state index in [2.05, 4.69) is 28.4 Å². The smallest absolute Gasteiger partial charge is 0.0946 e. The summed E-state index contributed by atoms with van der Waals surface area (Å²) in [7, 11) is 0. The van der Waals surface area contributed by atoms with E-state index in [1.54, 1.807) is 0 Å². The fraction of sp³-hybridized carbons (Fsp3) is 0.727. The van der Waals surface area contributed by atoms with Gasteiger partial charge in [-0.15, -0.1) is 0 Å². The Bertz CT molecular complexity index is 263. The molecule has 2 nitrogen and oxygen atoms in total. The molecule has 0 radical (unpaired) electrons. The van der Waals surface area contributed by atoms with E-state index in [1.165, 1.54) is 32.1 Å². The minimum atomic E-state index is 0.433. The molecular formula is C11H18N2S. The second-order valence-corrected chi connectivity index (χ2v) is 4.77. The molecular weight excluding hydrogens is 192 g/mol. The average Bonchev–Trinajstić information content (AvgIpc) is 2.72. The summed E-state index contributed by atoms with van der Waals surface area (Å²) in [5.41, 5.74) is 0.433. The van der Waals surface area contributed by atoms with Gasteiger partial charge in [0.25, 0.3) is 0 Å². The summed E-state index contributed by atoms with van der Waals surface area (Å²) in [5, 5.41) is 0. The zero-order chi connectivity index (χ0) is 9.86. The second kappa shape index (κ2) is 4.39. The molecule has 0 unspecified atom stereocenters. The van der Waals surface area contributed by atoms with Gasteiger partial charge >= 0.3 is 0 Å². The molecule has 0 amide bonds. The predicted octanol–water partition coefficient (Wildman–Crippen LogP) is 2.76. The Hall–Kier alpha value is -0.440. The van der Waals surface area contributed by atoms with Crippen LogP contribution in [0.1, 0.15) is 32.1 Å². The topological polar surface area (TPSA) is 17.8 Å². The van der Waals surface area contributed by atoms with Gasteiger partial charge in [-0.2, -0.15) is 12.6 Å². The summed E-state index contributed by atoms with van der Waals surface area (Å²) in [5.74, 6) is 1.01. The number of nitrogens with zero attached hydrogens (tertiary/aromatic N) is 2. The van der Waals surface area contributed by atoms with Crippen molar-refractivity contribution in [3.8, 4) is 0 Å². The van der Waals surface area contributed by atoms with Crippen molar-refractivity contribution in [3.05, 3.63) is 18.7 Å². The zero-order valence-corrected chi connectivity index (χ0v) is 9.42. The molecule has 0 spiro atoms. The van der Waals surface area contributed by atoms with Crippen LogP contribution in [0.3, 0.4) is 0 Å². The van der Waals surface area contributed by atoms with Crippen LogP contribution in [0, 0.1) is 5.41 Å². The van der Waals surface area contributed by atoms with Gasteiger partial charge in [-0.25, -0.2) is 4.98 Å². The molecule has 0 aliphatic heterocycles. The van der Waals surface area contributed by atoms with Crippen LogP contribution in [0.25, 0.3) is 0 Å². The zero-order valence-electron chi connectivity index (χ0n) is 8.52. The van der Waals surface area contributed by atoms with Crippen molar-refractivity contribution >= 4 is 12.6 Å². The van der Waals surface area contributed by atoms with Crippen LogP contribution in [0.4, 0.5) is 0 Å². The molecule has 78 valence electrons. The Morgan fingerprint density at radius 3 is 2.64 bits per heavy atom. The van der Waals surface area contributed by atoms with E-state index >= 15 is 0 Å². The lowest BCUT2D eigenvalue weighted by Gasteiger charge is -2.36. The SMILES string of the molecule is SCC1(Cn2ccnc2)CCCCC1. The van der Waals surface area contributed by atoms with E-state index in [0.29, 0.717) is 5.41 Å². The molecule has 1 aliphatic carbocycles. The van der Waals surface area contributed by atoms with E-state index in [-0.39, 0.29) is 0 Å². The second-order valence-electron chi connectivity index (χ2n) is 4.45. The van der Waals surface area contributed by atoms with E-state index in [0.717, 1.165) is 12.3 Å². The third-order valence-corrected chi connectivity index (χ3v) is 4.00. The Labute approximate surface area is 91.1 Å². The molecule has 14 heavy (non-hydrogen) atoms. The van der Waals surface area contributed by atoms with Crippen molar-refractivity contribution in [1.82, 2.24) is 9.55 Å². The van der Waals surface area contributed by atoms with Crippen molar-refractivity contribution in [3.63, 3.8) is 0 Å². The van der Waals surface area contributed by atoms with Crippen molar-refractivity contribution < 1.29 is 0 Å². The Kier molecular flexibility index (Phi) is 3.16. The molecule has 1 aromatic rings. The molecule has 1 heterocycles. The van der Waals surface area contributed by atoms with Crippen molar-refractivity contribution in [2.45, 2.75) is 38.6 Å². The van der Waals surface area contributed by atoms with Crippen LogP contribution >= 0.6 is 12.6 Å². The summed E-state index contributed by atoms with van der Waals surface area (Å²) in [6.45, 7) is 1.09. The first-order valence-corrected chi connectivity index (χ1v) is 6.05. The highest BCUT2D eigenvalue weighted by molar-refractivity contribution is 7.80. The van der Waals surface area contributed by atoms with E-state index in [1.807, 2.05) is 12.5 Å². The van der Waals surface area contributed by atoms with Gasteiger partial charge in [0.15, 0.2) is 0 Å². The van der Waals surface area contributed by atoms with Crippen LogP contribution in [0.5, 0.6) is 0 Å². The largest absolute Gasteiger partial charge is 0.337 e. The van der Waals surface area contributed by atoms with E-state index in [4.69, 9.17) is 0 Å². The highest BCUT2D eigenvalue weighted by atomic mass is 32.1. The van der Waals surface area contributed by atoms with Gasteiger partial charge in [0.1, 0.15) is 0 Å². The first-order valence-electron chi connectivity index (χ1n) is 5.41. The van der Waals surface area contributed by atoms with Gasteiger partial charge in [-0.05, 0) is 24.0 Å². The molecule has 0 N–H and O–H groups in total. The van der Waals surface area contributed by atoms with Crippen LogP contribution in [-0.4, -0.2) is 15.3 Å². The van der Waals surface area contributed by atoms with Gasteiger partial charge in [-0.3, -0.25) is 0 Å². The summed E-state index contributed by atoms with van der Waals surface area (Å²) in [6, 6.07) is 0. The predicted molar refractivity (Wildman–Crippen MR) is 61.6 cm³/mol. The van der Waals surface area contributed by atoms with Crippen LogP contribution in [-0.2, 0) is 6.54 Å². The summed E-state index contributed by atoms with van der Waals surface area (Å²) < 4.78 is 2.20. The molecule has 2 rings (SSSR count). The maximum atomic E-state index is 4.53. The quantitative estimate of drug-likeness (QED) is 0.760. The lowest BCUT2D eigenvalue weighted by atomic mass is 9.75. The first kappa shape index (κ1) is 10.1. The fourth-order valence-corrected chi connectivity index (χ4v) is 2.85. The van der Waals surface area contributed by atoms with Crippen LogP contribution in [0.15, 0.2) is 18.7 Å². The summed E-state index contributed by atoms with van der Waals surface area (Å²) >= 11 is 4.53. The molecule has 0 saturated heterocycles. The maximum Gasteiger partial charge on any atom is 0.0946 e. The minimum absolute atomic E-state index is 0.433. The summed E-state index contributed by atoms with van der Waals surface area (Å²) in [4.78, 5) is 4.09. The minimum Gasteiger partial charge on any atom is -0.337 e. The monoisotopic (exact) mass is 210 g/mol. The maximum absolute atomic E-state index is 4.53. The number of hydrogen-bond acceptors (Lipinski definition) is 2. The third-order valence-electron chi connectivity index (χ3n) is 3.33. The third kappa shape index (κ3) is 2.14. The van der Waals surface area contributed by atoms with Gasteiger partial charge in [0.05, 0.1) is 6.33 Å². The van der Waals surface area contributed by atoms with Gasteiger partial charge in [-0.1, -0.05) is 19.3 Å². The lowest BCUT2D eigenvalue weighted by Crippen LogP contribution is -2.30. The normalized spacial score (nSPS) is 20.9. The highest BCUT2D eigenvalue weighted by Crippen LogP contribution is 2.38. The number of thiol groups is 1. The van der Waals surface area contributed by atoms with Gasteiger partial charge in [0, 0.05) is 18.9 Å². The lowest BCUT2D eigenvalue weighted by molar-refractivity contribution is 0.190. The summed E-state index contributed by atoms with van der Waals surface area (Å²) in [6.07, 6.45) is 12.6. The molecule has 0 bridgehead atoms. The number of rotatable bonds is 3. The molecule has 1 fully saturated rings. The van der Waals surface area contributed by atoms with Crippen molar-refractivity contribution in [2.24, 2.45) is 5.41 Å². The van der Waals surface area contributed by atoms with Gasteiger partial charge < -0.3 is 4.57 Å². The Morgan fingerprint density at radius 1 is 1.29 bits per heavy atom. The highest BCUT2D eigenvalue weighted by Gasteiger charge is 2.30. The van der Waals surface area contributed by atoms with E-state index in [9.17, 15) is 0 Å². The Balaban J connectivity index is 2.04. The van der Waals surface area contributed by atoms with Crippen molar-refractivity contribution in [2.75, 3.05) is 5.75 Å². The Morgan fingerprint density at radius 2 is 2.07 bits per heavy atom. The molecule has 1 saturated carbocycles. The molecule has 1 aromatic heterocycles. The molecule has 0 atom stereocenters. The molecule has 0 aromatic carbocycles. The number of hydrogen-bond donors (Lipinski definition) is 1. The number of aromatic nitrogens is 2. The first-order chi connectivity index (χ1) is 6.85. The number of imidazole rings is 1. The standard InChI is InChI=1S/C11H18N2S/c14-9-11(4-2-1-3-5-11)8-13-7-6-12-10-13/h6-7,10,14H,1-5,8-9H2. The van der Waals surface area contributed by atoms with E-state index < -0.39 is 0 Å².